The number of hydrogen-bond donors (Lipinski definition) is 1. The highest BCUT2D eigenvalue weighted by Gasteiger charge is 2.15. The second-order valence-electron chi connectivity index (χ2n) is 5.66. The molecule has 3 aromatic rings. The molecule has 0 aliphatic rings. The van der Waals surface area contributed by atoms with Crippen LogP contribution in [0.2, 0.25) is 0 Å². The number of thiophene rings is 1. The van der Waals surface area contributed by atoms with Gasteiger partial charge in [-0.1, -0.05) is 23.9 Å². The van der Waals surface area contributed by atoms with E-state index in [9.17, 15) is 4.79 Å². The lowest BCUT2D eigenvalue weighted by Crippen LogP contribution is -2.24. The van der Waals surface area contributed by atoms with E-state index in [1.807, 2.05) is 48.2 Å². The first-order valence-corrected chi connectivity index (χ1v) is 9.92. The van der Waals surface area contributed by atoms with Gasteiger partial charge in [0.15, 0.2) is 11.0 Å². The summed E-state index contributed by atoms with van der Waals surface area (Å²) in [4.78, 5) is 13.3. The van der Waals surface area contributed by atoms with Crippen molar-refractivity contribution in [2.45, 2.75) is 18.6 Å². The Bertz CT molecular complexity index is 904. The smallest absolute Gasteiger partial charge is 0.230 e. The number of aromatic nitrogens is 3. The van der Waals surface area contributed by atoms with Crippen LogP contribution >= 0.6 is 23.1 Å². The zero-order valence-corrected chi connectivity index (χ0v) is 16.5. The molecule has 0 spiro atoms. The molecule has 0 aliphatic heterocycles. The molecule has 0 unspecified atom stereocenters. The Morgan fingerprint density at radius 2 is 2.12 bits per heavy atom. The highest BCUT2D eigenvalue weighted by atomic mass is 32.2. The van der Waals surface area contributed by atoms with Crippen molar-refractivity contribution in [3.8, 4) is 17.1 Å². The third kappa shape index (κ3) is 4.08. The van der Waals surface area contributed by atoms with Crippen LogP contribution in [-0.2, 0) is 18.4 Å². The van der Waals surface area contributed by atoms with E-state index in [0.717, 1.165) is 11.3 Å². The Kier molecular flexibility index (Phi) is 5.95. The summed E-state index contributed by atoms with van der Waals surface area (Å²) >= 11 is 3.02. The third-order valence-electron chi connectivity index (χ3n) is 3.93. The maximum absolute atomic E-state index is 12.1. The van der Waals surface area contributed by atoms with E-state index < -0.39 is 0 Å². The molecule has 1 amide bonds. The van der Waals surface area contributed by atoms with Gasteiger partial charge in [0.1, 0.15) is 5.75 Å². The number of carbonyl (C=O) groups excluding carboxylic acids is 1. The Morgan fingerprint density at radius 1 is 1.31 bits per heavy atom. The molecule has 0 bridgehead atoms. The summed E-state index contributed by atoms with van der Waals surface area (Å²) in [6.07, 6.45) is 0. The Hall–Kier alpha value is -2.32. The number of methoxy groups -OCH3 is 1. The van der Waals surface area contributed by atoms with E-state index in [2.05, 4.69) is 21.6 Å². The van der Waals surface area contributed by atoms with E-state index in [1.165, 1.54) is 22.2 Å². The lowest BCUT2D eigenvalue weighted by atomic mass is 10.2. The maximum atomic E-state index is 12.1. The number of amides is 1. The molecule has 2 aromatic heterocycles. The second kappa shape index (κ2) is 8.37. The molecule has 1 aromatic carbocycles. The van der Waals surface area contributed by atoms with Gasteiger partial charge in [0.2, 0.25) is 5.91 Å². The van der Waals surface area contributed by atoms with Gasteiger partial charge in [-0.2, -0.15) is 0 Å². The monoisotopic (exact) mass is 388 g/mol. The molecule has 6 nitrogen and oxygen atoms in total. The minimum atomic E-state index is -0.0235. The number of ether oxygens (including phenoxy) is 1. The van der Waals surface area contributed by atoms with Gasteiger partial charge in [-0.3, -0.25) is 4.79 Å². The van der Waals surface area contributed by atoms with E-state index in [-0.39, 0.29) is 5.91 Å². The van der Waals surface area contributed by atoms with E-state index >= 15 is 0 Å². The number of benzene rings is 1. The lowest BCUT2D eigenvalue weighted by Gasteiger charge is -2.08. The van der Waals surface area contributed by atoms with Crippen LogP contribution in [0.3, 0.4) is 0 Å². The number of carbonyl (C=O) groups is 1. The predicted molar refractivity (Wildman–Crippen MR) is 105 cm³/mol. The summed E-state index contributed by atoms with van der Waals surface area (Å²) in [5.41, 5.74) is 2.08. The van der Waals surface area contributed by atoms with Crippen LogP contribution in [0, 0.1) is 6.92 Å². The van der Waals surface area contributed by atoms with Gasteiger partial charge in [0.25, 0.3) is 0 Å². The van der Waals surface area contributed by atoms with Gasteiger partial charge in [-0.05, 0) is 36.1 Å². The van der Waals surface area contributed by atoms with Crippen molar-refractivity contribution in [2.75, 3.05) is 12.9 Å². The van der Waals surface area contributed by atoms with Crippen molar-refractivity contribution < 1.29 is 9.53 Å². The van der Waals surface area contributed by atoms with E-state index in [4.69, 9.17) is 4.74 Å². The molecule has 136 valence electrons. The molecule has 0 aliphatic carbocycles. The van der Waals surface area contributed by atoms with Gasteiger partial charge in [-0.15, -0.1) is 21.5 Å². The number of hydrogen-bond acceptors (Lipinski definition) is 6. The Balaban J connectivity index is 1.62. The molecule has 0 atom stereocenters. The summed E-state index contributed by atoms with van der Waals surface area (Å²) < 4.78 is 7.26. The number of aryl methyl sites for hydroxylation is 1. The molecule has 2 heterocycles. The topological polar surface area (TPSA) is 69.0 Å². The first kappa shape index (κ1) is 18.5. The van der Waals surface area contributed by atoms with Crippen LogP contribution in [0.25, 0.3) is 11.4 Å². The minimum Gasteiger partial charge on any atom is -0.496 e. The average Bonchev–Trinajstić information content (AvgIpc) is 3.23. The quantitative estimate of drug-likeness (QED) is 0.629. The average molecular weight is 389 g/mol. The summed E-state index contributed by atoms with van der Waals surface area (Å²) in [5, 5.41) is 14.1. The van der Waals surface area contributed by atoms with Gasteiger partial charge in [-0.25, -0.2) is 0 Å². The van der Waals surface area contributed by atoms with Gasteiger partial charge >= 0.3 is 0 Å². The molecule has 0 saturated heterocycles. The first-order chi connectivity index (χ1) is 12.6. The maximum Gasteiger partial charge on any atom is 0.230 e. The zero-order valence-electron chi connectivity index (χ0n) is 14.9. The molecular formula is C18H20N4O2S2. The van der Waals surface area contributed by atoms with Gasteiger partial charge in [0.05, 0.1) is 25.0 Å². The van der Waals surface area contributed by atoms with Crippen LogP contribution < -0.4 is 10.1 Å². The van der Waals surface area contributed by atoms with Crippen LogP contribution in [0.4, 0.5) is 0 Å². The molecule has 8 heteroatoms. The zero-order chi connectivity index (χ0) is 18.5. The fraction of sp³-hybridized carbons (Fsp3) is 0.278. The molecule has 26 heavy (non-hydrogen) atoms. The SMILES string of the molecule is COc1ccccc1-c1nnc(SCC(=O)NCc2sccc2C)n1C. The van der Waals surface area contributed by atoms with Crippen LogP contribution in [0.15, 0.2) is 40.9 Å². The number of thioether (sulfide) groups is 1. The van der Waals surface area contributed by atoms with Crippen molar-refractivity contribution >= 4 is 29.0 Å². The number of nitrogens with one attached hydrogen (secondary N) is 1. The van der Waals surface area contributed by atoms with Crippen molar-refractivity contribution in [2.24, 2.45) is 7.05 Å². The Labute approximate surface area is 160 Å². The summed E-state index contributed by atoms with van der Waals surface area (Å²) in [6.45, 7) is 2.61. The molecule has 0 radical (unpaired) electrons. The molecule has 1 N–H and O–H groups in total. The van der Waals surface area contributed by atoms with Crippen molar-refractivity contribution in [1.82, 2.24) is 20.1 Å². The third-order valence-corrected chi connectivity index (χ3v) is 5.97. The molecule has 3 rings (SSSR count). The highest BCUT2D eigenvalue weighted by Crippen LogP contribution is 2.29. The highest BCUT2D eigenvalue weighted by molar-refractivity contribution is 7.99. The summed E-state index contributed by atoms with van der Waals surface area (Å²) in [6, 6.07) is 9.72. The largest absolute Gasteiger partial charge is 0.496 e. The van der Waals surface area contributed by atoms with Crippen molar-refractivity contribution in [3.63, 3.8) is 0 Å². The van der Waals surface area contributed by atoms with Gasteiger partial charge in [0, 0.05) is 11.9 Å². The Morgan fingerprint density at radius 3 is 2.85 bits per heavy atom. The van der Waals surface area contributed by atoms with Crippen LogP contribution in [-0.4, -0.2) is 33.5 Å². The standard InChI is InChI=1S/C18H20N4O2S2/c1-12-8-9-25-15(12)10-19-16(23)11-26-18-21-20-17(22(18)2)13-6-4-5-7-14(13)24-3/h4-9H,10-11H2,1-3H3,(H,19,23). The number of rotatable bonds is 7. The van der Waals surface area contributed by atoms with Crippen molar-refractivity contribution in [1.29, 1.82) is 0 Å². The fourth-order valence-corrected chi connectivity index (χ4v) is 4.04. The first-order valence-electron chi connectivity index (χ1n) is 8.05. The lowest BCUT2D eigenvalue weighted by molar-refractivity contribution is -0.118. The van der Waals surface area contributed by atoms with E-state index in [0.29, 0.717) is 23.3 Å². The van der Waals surface area contributed by atoms with Crippen LogP contribution in [0.5, 0.6) is 5.75 Å². The van der Waals surface area contributed by atoms with Crippen LogP contribution in [0.1, 0.15) is 10.4 Å². The number of para-hydroxylation sites is 1. The molecule has 0 fully saturated rings. The van der Waals surface area contributed by atoms with Crippen molar-refractivity contribution in [3.05, 3.63) is 46.2 Å². The molecular weight excluding hydrogens is 368 g/mol. The van der Waals surface area contributed by atoms with Gasteiger partial charge < -0.3 is 14.6 Å². The fourth-order valence-electron chi connectivity index (χ4n) is 2.45. The molecule has 0 saturated carbocycles. The normalized spacial score (nSPS) is 10.7. The number of nitrogens with zero attached hydrogens (tertiary/aromatic N) is 3. The summed E-state index contributed by atoms with van der Waals surface area (Å²) in [5.74, 6) is 1.72. The minimum absolute atomic E-state index is 0.0235. The summed E-state index contributed by atoms with van der Waals surface area (Å²) in [7, 11) is 3.52. The predicted octanol–water partition coefficient (Wildman–Crippen LogP) is 3.27. The van der Waals surface area contributed by atoms with E-state index in [1.54, 1.807) is 18.4 Å². The second-order valence-corrected chi connectivity index (χ2v) is 7.60.